The number of pyridine rings is 1. The van der Waals surface area contributed by atoms with E-state index in [9.17, 15) is 23.2 Å². The average Bonchev–Trinajstić information content (AvgIpc) is 3.21. The largest absolute Gasteiger partial charge is 0.417 e. The fraction of sp³-hybridized carbons (Fsp3) is 0.105. The zero-order chi connectivity index (χ0) is 21.0. The number of halogens is 4. The van der Waals surface area contributed by atoms with E-state index in [1.165, 1.54) is 11.3 Å². The predicted octanol–water partition coefficient (Wildman–Crippen LogP) is 6.08. The first-order valence-electron chi connectivity index (χ1n) is 8.03. The lowest BCUT2D eigenvalue weighted by Gasteiger charge is -2.13. The third kappa shape index (κ3) is 5.09. The molecule has 0 bridgehead atoms. The van der Waals surface area contributed by atoms with E-state index < -0.39 is 23.2 Å². The molecule has 1 amide bonds. The summed E-state index contributed by atoms with van der Waals surface area (Å²) in [6, 6.07) is 12.3. The van der Waals surface area contributed by atoms with Gasteiger partial charge in [-0.05, 0) is 29.6 Å². The number of nitrogens with zero attached hydrogens (tertiary/aromatic N) is 2. The van der Waals surface area contributed by atoms with Gasteiger partial charge < -0.3 is 5.32 Å². The van der Waals surface area contributed by atoms with E-state index in [0.717, 1.165) is 17.8 Å². The molecule has 0 atom stereocenters. The Balaban J connectivity index is 1.89. The minimum absolute atomic E-state index is 0.0975. The van der Waals surface area contributed by atoms with Gasteiger partial charge in [0.25, 0.3) is 0 Å². The fourth-order valence-corrected chi connectivity index (χ4v) is 4.06. The summed E-state index contributed by atoms with van der Waals surface area (Å²) in [5.74, 6) is -0.721. The van der Waals surface area contributed by atoms with Gasteiger partial charge in [-0.25, -0.2) is 4.98 Å². The third-order valence-corrected chi connectivity index (χ3v) is 5.86. The summed E-state index contributed by atoms with van der Waals surface area (Å²) in [5.41, 5.74) is -1.20. The van der Waals surface area contributed by atoms with E-state index >= 15 is 0 Å². The minimum Gasteiger partial charge on any atom is -0.324 e. The van der Waals surface area contributed by atoms with Crippen molar-refractivity contribution in [1.29, 1.82) is 5.26 Å². The van der Waals surface area contributed by atoms with Gasteiger partial charge in [0.1, 0.15) is 11.1 Å². The summed E-state index contributed by atoms with van der Waals surface area (Å²) in [5, 5.41) is 13.8. The van der Waals surface area contributed by atoms with Crippen LogP contribution in [0.2, 0.25) is 5.02 Å². The predicted molar refractivity (Wildman–Crippen MR) is 108 cm³/mol. The molecule has 0 saturated carbocycles. The number of carbonyl (C=O) groups is 1. The number of nitriles is 1. The van der Waals surface area contributed by atoms with Crippen molar-refractivity contribution in [1.82, 2.24) is 4.98 Å². The molecule has 0 saturated heterocycles. The van der Waals surface area contributed by atoms with Crippen molar-refractivity contribution in [3.05, 3.63) is 64.0 Å². The highest BCUT2D eigenvalue weighted by Crippen LogP contribution is 2.38. The Morgan fingerprint density at radius 1 is 1.28 bits per heavy atom. The Kier molecular flexibility index (Phi) is 6.47. The SMILES string of the molecule is N#Cc1c(C(F)(F)F)cc(-c2cccs2)nc1SCC(=O)Nc1ccccc1Cl. The smallest absolute Gasteiger partial charge is 0.324 e. The molecule has 0 spiro atoms. The molecule has 29 heavy (non-hydrogen) atoms. The number of carbonyl (C=O) groups excluding carboxylic acids is 1. The van der Waals surface area contributed by atoms with E-state index in [4.69, 9.17) is 11.6 Å². The summed E-state index contributed by atoms with van der Waals surface area (Å²) < 4.78 is 40.5. The lowest BCUT2D eigenvalue weighted by Crippen LogP contribution is -2.15. The van der Waals surface area contributed by atoms with Crippen molar-refractivity contribution < 1.29 is 18.0 Å². The van der Waals surface area contributed by atoms with Crippen LogP contribution in [0.15, 0.2) is 52.9 Å². The lowest BCUT2D eigenvalue weighted by molar-refractivity contribution is -0.138. The number of hydrogen-bond donors (Lipinski definition) is 1. The van der Waals surface area contributed by atoms with Gasteiger partial charge in [0.2, 0.25) is 5.91 Å². The molecule has 3 aromatic rings. The van der Waals surface area contributed by atoms with Gasteiger partial charge in [-0.15, -0.1) is 11.3 Å². The molecule has 0 aliphatic carbocycles. The van der Waals surface area contributed by atoms with Crippen molar-refractivity contribution in [2.75, 3.05) is 11.1 Å². The maximum absolute atomic E-state index is 13.5. The number of alkyl halides is 3. The topological polar surface area (TPSA) is 65.8 Å². The third-order valence-electron chi connectivity index (χ3n) is 3.67. The van der Waals surface area contributed by atoms with Crippen LogP contribution in [0.1, 0.15) is 11.1 Å². The van der Waals surface area contributed by atoms with Gasteiger partial charge in [-0.1, -0.05) is 41.6 Å². The number of para-hydroxylation sites is 1. The molecular weight excluding hydrogens is 443 g/mol. The van der Waals surface area contributed by atoms with E-state index in [1.807, 2.05) is 0 Å². The number of anilines is 1. The average molecular weight is 454 g/mol. The van der Waals surface area contributed by atoms with Crippen LogP contribution in [-0.2, 0) is 11.0 Å². The van der Waals surface area contributed by atoms with Gasteiger partial charge in [0.05, 0.1) is 38.2 Å². The molecule has 2 heterocycles. The van der Waals surface area contributed by atoms with Crippen LogP contribution in [0, 0.1) is 11.3 Å². The zero-order valence-electron chi connectivity index (χ0n) is 14.5. The van der Waals surface area contributed by atoms with E-state index in [0.29, 0.717) is 15.6 Å². The molecule has 1 aromatic carbocycles. The molecule has 0 radical (unpaired) electrons. The Hall–Kier alpha value is -2.54. The van der Waals surface area contributed by atoms with Crippen molar-refractivity contribution in [3.8, 4) is 16.6 Å². The van der Waals surface area contributed by atoms with Gasteiger partial charge >= 0.3 is 6.18 Å². The van der Waals surface area contributed by atoms with Crippen LogP contribution in [-0.4, -0.2) is 16.6 Å². The molecule has 148 valence electrons. The number of nitrogens with one attached hydrogen (secondary N) is 1. The summed E-state index contributed by atoms with van der Waals surface area (Å²) in [6.07, 6.45) is -4.73. The second-order valence-corrected chi connectivity index (χ2v) is 7.96. The van der Waals surface area contributed by atoms with Crippen LogP contribution in [0.5, 0.6) is 0 Å². The highest BCUT2D eigenvalue weighted by atomic mass is 35.5. The molecule has 0 aliphatic rings. The number of hydrogen-bond acceptors (Lipinski definition) is 5. The van der Waals surface area contributed by atoms with Crippen LogP contribution in [0.25, 0.3) is 10.6 Å². The number of benzene rings is 1. The number of rotatable bonds is 5. The molecule has 0 fully saturated rings. The second-order valence-electron chi connectivity index (χ2n) is 5.64. The maximum Gasteiger partial charge on any atom is 0.417 e. The Morgan fingerprint density at radius 2 is 2.03 bits per heavy atom. The van der Waals surface area contributed by atoms with Gasteiger partial charge in [-0.2, -0.15) is 18.4 Å². The fourth-order valence-electron chi connectivity index (χ4n) is 2.39. The molecule has 10 heteroatoms. The minimum atomic E-state index is -4.73. The summed E-state index contributed by atoms with van der Waals surface area (Å²) in [7, 11) is 0. The summed E-state index contributed by atoms with van der Waals surface area (Å²) in [4.78, 5) is 16.9. The number of aromatic nitrogens is 1. The molecule has 1 N–H and O–H groups in total. The quantitative estimate of drug-likeness (QED) is 0.475. The molecule has 2 aromatic heterocycles. The summed E-state index contributed by atoms with van der Waals surface area (Å²) in [6.45, 7) is 0. The highest BCUT2D eigenvalue weighted by molar-refractivity contribution is 8.00. The highest BCUT2D eigenvalue weighted by Gasteiger charge is 2.36. The van der Waals surface area contributed by atoms with Crippen LogP contribution in [0.4, 0.5) is 18.9 Å². The molecule has 0 unspecified atom stereocenters. The standard InChI is InChI=1S/C19H11ClF3N3OS2/c20-13-4-1-2-5-14(13)25-17(27)10-29-18-11(9-24)12(19(21,22)23)8-15(26-18)16-6-3-7-28-16/h1-8H,10H2,(H,25,27). The first-order valence-corrected chi connectivity index (χ1v) is 10.3. The Morgan fingerprint density at radius 3 is 2.66 bits per heavy atom. The van der Waals surface area contributed by atoms with Gasteiger partial charge in [-0.3, -0.25) is 4.79 Å². The molecule has 3 rings (SSSR count). The summed E-state index contributed by atoms with van der Waals surface area (Å²) >= 11 is 7.97. The van der Waals surface area contributed by atoms with Crippen molar-refractivity contribution in [2.45, 2.75) is 11.2 Å². The molecular formula is C19H11ClF3N3OS2. The normalized spacial score (nSPS) is 11.1. The van der Waals surface area contributed by atoms with Crippen molar-refractivity contribution in [3.63, 3.8) is 0 Å². The van der Waals surface area contributed by atoms with E-state index in [2.05, 4.69) is 10.3 Å². The number of thioether (sulfide) groups is 1. The second kappa shape index (κ2) is 8.86. The maximum atomic E-state index is 13.5. The van der Waals surface area contributed by atoms with Crippen LogP contribution in [0.3, 0.4) is 0 Å². The monoisotopic (exact) mass is 453 g/mol. The lowest BCUT2D eigenvalue weighted by atomic mass is 10.1. The molecule has 0 aliphatic heterocycles. The van der Waals surface area contributed by atoms with Gasteiger partial charge in [0.15, 0.2) is 0 Å². The van der Waals surface area contributed by atoms with Gasteiger partial charge in [0, 0.05) is 0 Å². The van der Waals surface area contributed by atoms with E-state index in [-0.39, 0.29) is 16.5 Å². The van der Waals surface area contributed by atoms with Crippen LogP contribution >= 0.6 is 34.7 Å². The van der Waals surface area contributed by atoms with E-state index in [1.54, 1.807) is 47.8 Å². The number of thiophene rings is 1. The van der Waals surface area contributed by atoms with Crippen molar-refractivity contribution in [2.24, 2.45) is 0 Å². The number of amides is 1. The van der Waals surface area contributed by atoms with Crippen LogP contribution < -0.4 is 5.32 Å². The first kappa shape index (κ1) is 21.2. The first-order chi connectivity index (χ1) is 13.8. The Bertz CT molecular complexity index is 1080. The molecule has 4 nitrogen and oxygen atoms in total. The van der Waals surface area contributed by atoms with Crippen molar-refractivity contribution >= 4 is 46.3 Å². The zero-order valence-corrected chi connectivity index (χ0v) is 16.8. The Labute approximate surface area is 177 Å².